The molecule has 1 atom stereocenters. The second-order valence-electron chi connectivity index (χ2n) is 8.34. The van der Waals surface area contributed by atoms with Crippen molar-refractivity contribution in [2.24, 2.45) is 0 Å². The first-order valence-corrected chi connectivity index (χ1v) is 12.8. The molecule has 3 rings (SSSR count). The highest BCUT2D eigenvalue weighted by molar-refractivity contribution is 7.92. The number of carbonyl (C=O) groups excluding carboxylic acids is 1. The molecule has 0 aliphatic carbocycles. The van der Waals surface area contributed by atoms with Crippen LogP contribution in [0, 0.1) is 10.1 Å². The minimum Gasteiger partial charge on any atom is -0.350 e. The number of nitrogens with zero attached hydrogens (tertiary/aromatic N) is 3. The molecule has 0 aromatic heterocycles. The number of nitro groups is 1. The topological polar surface area (TPSA) is 113 Å². The van der Waals surface area contributed by atoms with Crippen molar-refractivity contribution in [3.05, 3.63) is 69.8 Å². The lowest BCUT2D eigenvalue weighted by molar-refractivity contribution is -0.384. The van der Waals surface area contributed by atoms with E-state index in [-0.39, 0.29) is 17.9 Å². The van der Waals surface area contributed by atoms with Gasteiger partial charge in [0.1, 0.15) is 6.04 Å². The van der Waals surface area contributed by atoms with Crippen molar-refractivity contribution in [2.75, 3.05) is 23.7 Å². The van der Waals surface area contributed by atoms with E-state index in [9.17, 15) is 23.3 Å². The van der Waals surface area contributed by atoms with Crippen molar-refractivity contribution >= 4 is 27.3 Å². The van der Waals surface area contributed by atoms with Crippen molar-refractivity contribution in [2.45, 2.75) is 45.3 Å². The Balaban J connectivity index is 1.74. The summed E-state index contributed by atoms with van der Waals surface area (Å²) in [6, 6.07) is 12.1. The number of benzene rings is 2. The third-order valence-electron chi connectivity index (χ3n) is 5.80. The van der Waals surface area contributed by atoms with E-state index < -0.39 is 26.9 Å². The van der Waals surface area contributed by atoms with Crippen LogP contribution < -0.4 is 9.62 Å². The quantitative estimate of drug-likeness (QED) is 0.441. The molecule has 9 nitrogen and oxygen atoms in total. The van der Waals surface area contributed by atoms with Gasteiger partial charge in [0.2, 0.25) is 15.9 Å². The van der Waals surface area contributed by atoms with Gasteiger partial charge < -0.3 is 5.32 Å². The monoisotopic (exact) mass is 474 g/mol. The number of carbonyl (C=O) groups is 1. The van der Waals surface area contributed by atoms with E-state index in [2.05, 4.69) is 10.2 Å². The van der Waals surface area contributed by atoms with E-state index >= 15 is 0 Å². The summed E-state index contributed by atoms with van der Waals surface area (Å²) < 4.78 is 25.9. The number of nitrogens with one attached hydrogen (secondary N) is 1. The van der Waals surface area contributed by atoms with E-state index in [0.717, 1.165) is 47.4 Å². The normalized spacial score (nSPS) is 15.6. The molecule has 0 radical (unpaired) electrons. The lowest BCUT2D eigenvalue weighted by Gasteiger charge is -2.29. The molecule has 1 aliphatic rings. The third-order valence-corrected chi connectivity index (χ3v) is 7.04. The molecule has 1 amide bonds. The second kappa shape index (κ2) is 10.8. The van der Waals surface area contributed by atoms with Gasteiger partial charge in [-0.15, -0.1) is 0 Å². The number of amides is 1. The first-order valence-electron chi connectivity index (χ1n) is 11.0. The van der Waals surface area contributed by atoms with Crippen molar-refractivity contribution in [3.8, 4) is 0 Å². The second-order valence-corrected chi connectivity index (χ2v) is 10.2. The summed E-state index contributed by atoms with van der Waals surface area (Å²) in [6.45, 7) is 4.66. The molecule has 33 heavy (non-hydrogen) atoms. The van der Waals surface area contributed by atoms with Gasteiger partial charge in [-0.05, 0) is 50.0 Å². The highest BCUT2D eigenvalue weighted by Crippen LogP contribution is 2.25. The minimum absolute atomic E-state index is 0.0693. The summed E-state index contributed by atoms with van der Waals surface area (Å²) in [5, 5.41) is 14.0. The zero-order chi connectivity index (χ0) is 24.0. The number of likely N-dealkylation sites (tertiary alicyclic amines) is 1. The van der Waals surface area contributed by atoms with Gasteiger partial charge in [0, 0.05) is 25.2 Å². The van der Waals surface area contributed by atoms with E-state index in [1.54, 1.807) is 0 Å². The van der Waals surface area contributed by atoms with E-state index in [4.69, 9.17) is 0 Å². The number of anilines is 1. The number of hydrogen-bond acceptors (Lipinski definition) is 6. The molecule has 2 aromatic rings. The van der Waals surface area contributed by atoms with Crippen LogP contribution in [0.3, 0.4) is 0 Å². The van der Waals surface area contributed by atoms with Gasteiger partial charge in [0.25, 0.3) is 5.69 Å². The van der Waals surface area contributed by atoms with Gasteiger partial charge in [-0.1, -0.05) is 36.8 Å². The minimum atomic E-state index is -3.87. The summed E-state index contributed by atoms with van der Waals surface area (Å²) in [5.41, 5.74) is 1.93. The van der Waals surface area contributed by atoms with Crippen LogP contribution in [0.2, 0.25) is 0 Å². The number of rotatable bonds is 9. The highest BCUT2D eigenvalue weighted by atomic mass is 32.2. The molecule has 2 aromatic carbocycles. The molecule has 178 valence electrons. The SMILES string of the molecule is C[C@@H](C(=O)NCc1ccccc1CN1CCCCC1)N(c1cccc([N+](=O)[O-])c1)S(C)(=O)=O. The van der Waals surface area contributed by atoms with E-state index in [1.807, 2.05) is 24.3 Å². The smallest absolute Gasteiger partial charge is 0.271 e. The molecule has 1 heterocycles. The maximum absolute atomic E-state index is 12.9. The van der Waals surface area contributed by atoms with Crippen LogP contribution >= 0.6 is 0 Å². The molecule has 1 aliphatic heterocycles. The zero-order valence-electron chi connectivity index (χ0n) is 18.9. The van der Waals surface area contributed by atoms with Crippen LogP contribution in [0.5, 0.6) is 0 Å². The van der Waals surface area contributed by atoms with Gasteiger partial charge in [-0.3, -0.25) is 24.1 Å². The largest absolute Gasteiger partial charge is 0.350 e. The fraction of sp³-hybridized carbons (Fsp3) is 0.435. The summed E-state index contributed by atoms with van der Waals surface area (Å²) in [6.07, 6.45) is 4.61. The number of sulfonamides is 1. The third kappa shape index (κ3) is 6.52. The first-order chi connectivity index (χ1) is 15.7. The molecule has 0 saturated carbocycles. The van der Waals surface area contributed by atoms with Gasteiger partial charge in [0.15, 0.2) is 0 Å². The molecule has 0 bridgehead atoms. The van der Waals surface area contributed by atoms with Gasteiger partial charge in [-0.2, -0.15) is 0 Å². The van der Waals surface area contributed by atoms with Crippen LogP contribution in [0.1, 0.15) is 37.3 Å². The Morgan fingerprint density at radius 1 is 1.12 bits per heavy atom. The van der Waals surface area contributed by atoms with Crippen LogP contribution in [-0.2, 0) is 27.9 Å². The Bertz CT molecular complexity index is 1100. The van der Waals surface area contributed by atoms with Crippen LogP contribution in [0.15, 0.2) is 48.5 Å². The number of piperidine rings is 1. The standard InChI is InChI=1S/C23H30N4O5S/c1-18(26(33(2,31)32)21-11-8-12-22(15-21)27(29)30)23(28)24-16-19-9-4-5-10-20(19)17-25-13-6-3-7-14-25/h4-5,8-12,15,18H,3,6-7,13-14,16-17H2,1-2H3,(H,24,28)/t18-/m0/s1. The maximum atomic E-state index is 12.9. The molecule has 0 unspecified atom stereocenters. The van der Waals surface area contributed by atoms with Crippen LogP contribution in [0.25, 0.3) is 0 Å². The van der Waals surface area contributed by atoms with E-state index in [0.29, 0.717) is 0 Å². The Hall–Kier alpha value is -2.98. The summed E-state index contributed by atoms with van der Waals surface area (Å²) in [7, 11) is -3.87. The maximum Gasteiger partial charge on any atom is 0.271 e. The van der Waals surface area contributed by atoms with Gasteiger partial charge in [-0.25, -0.2) is 8.42 Å². The molecule has 10 heteroatoms. The Labute approximate surface area is 194 Å². The predicted molar refractivity (Wildman–Crippen MR) is 127 cm³/mol. The average Bonchev–Trinajstić information content (AvgIpc) is 2.78. The predicted octanol–water partition coefficient (Wildman–Crippen LogP) is 3.05. The van der Waals surface area contributed by atoms with Gasteiger partial charge >= 0.3 is 0 Å². The van der Waals surface area contributed by atoms with E-state index in [1.165, 1.54) is 44.4 Å². The number of hydrogen-bond donors (Lipinski definition) is 1. The molecule has 1 N–H and O–H groups in total. The Morgan fingerprint density at radius 3 is 2.42 bits per heavy atom. The summed E-state index contributed by atoms with van der Waals surface area (Å²) in [5.74, 6) is -0.486. The number of nitro benzene ring substituents is 1. The zero-order valence-corrected chi connectivity index (χ0v) is 19.8. The molecular weight excluding hydrogens is 444 g/mol. The lowest BCUT2D eigenvalue weighted by Crippen LogP contribution is -2.47. The Kier molecular flexibility index (Phi) is 8.04. The Morgan fingerprint density at radius 2 is 1.79 bits per heavy atom. The fourth-order valence-electron chi connectivity index (χ4n) is 4.13. The van der Waals surface area contributed by atoms with Crippen molar-refractivity contribution < 1.29 is 18.1 Å². The molecule has 1 saturated heterocycles. The van der Waals surface area contributed by atoms with Gasteiger partial charge in [0.05, 0.1) is 16.9 Å². The fourth-order valence-corrected chi connectivity index (χ4v) is 5.29. The van der Waals surface area contributed by atoms with Crippen molar-refractivity contribution in [3.63, 3.8) is 0 Å². The average molecular weight is 475 g/mol. The van der Waals surface area contributed by atoms with Crippen molar-refractivity contribution in [1.29, 1.82) is 0 Å². The molecular formula is C23H30N4O5S. The number of non-ortho nitro benzene ring substituents is 1. The molecule has 0 spiro atoms. The lowest BCUT2D eigenvalue weighted by atomic mass is 10.0. The van der Waals surface area contributed by atoms with Crippen molar-refractivity contribution in [1.82, 2.24) is 10.2 Å². The van der Waals surface area contributed by atoms with Crippen LogP contribution in [0.4, 0.5) is 11.4 Å². The molecule has 1 fully saturated rings. The highest BCUT2D eigenvalue weighted by Gasteiger charge is 2.30. The summed E-state index contributed by atoms with van der Waals surface area (Å²) >= 11 is 0. The first kappa shape index (κ1) is 24.7. The van der Waals surface area contributed by atoms with Crippen LogP contribution in [-0.4, -0.2) is 49.5 Å². The summed E-state index contributed by atoms with van der Waals surface area (Å²) in [4.78, 5) is 25.9.